The molecule has 0 rings (SSSR count). The average molecular weight is 1520 g/mol. The van der Waals surface area contributed by atoms with Crippen LogP contribution in [0.15, 0.2) is 0 Å². The Balaban J connectivity index is 5.26. The predicted molar refractivity (Wildman–Crippen MR) is 428 cm³/mol. The van der Waals surface area contributed by atoms with E-state index in [4.69, 9.17) is 37.0 Å². The minimum absolute atomic E-state index is 0.108. The highest BCUT2D eigenvalue weighted by Crippen LogP contribution is 2.45. The minimum atomic E-state index is -4.97. The van der Waals surface area contributed by atoms with Crippen LogP contribution in [-0.2, 0) is 65.4 Å². The van der Waals surface area contributed by atoms with Crippen molar-refractivity contribution >= 4 is 39.5 Å². The third-order valence-electron chi connectivity index (χ3n) is 20.0. The summed E-state index contributed by atoms with van der Waals surface area (Å²) in [7, 11) is -9.93. The molecule has 0 heterocycles. The Morgan fingerprint density at radius 1 is 0.260 bits per heavy atom. The van der Waals surface area contributed by atoms with Crippen molar-refractivity contribution in [1.82, 2.24) is 0 Å². The number of hydrogen-bond donors (Lipinski definition) is 3. The number of aliphatic hydroxyl groups is 1. The van der Waals surface area contributed by atoms with Gasteiger partial charge < -0.3 is 33.8 Å². The highest BCUT2D eigenvalue weighted by Gasteiger charge is 2.30. The maximum Gasteiger partial charge on any atom is 0.472 e. The van der Waals surface area contributed by atoms with Crippen LogP contribution in [-0.4, -0.2) is 96.7 Å². The van der Waals surface area contributed by atoms with E-state index in [0.717, 1.165) is 102 Å². The molecule has 0 amide bonds. The maximum absolute atomic E-state index is 13.1. The zero-order chi connectivity index (χ0) is 76.4. The molecule has 0 aliphatic heterocycles. The Bertz CT molecular complexity index is 1990. The summed E-state index contributed by atoms with van der Waals surface area (Å²) < 4.78 is 68.9. The summed E-state index contributed by atoms with van der Waals surface area (Å²) >= 11 is 0. The fraction of sp³-hybridized carbons (Fsp3) is 0.953. The molecule has 104 heavy (non-hydrogen) atoms. The number of carbonyl (C=O) groups excluding carboxylic acids is 4. The lowest BCUT2D eigenvalue weighted by Crippen LogP contribution is -2.30. The molecule has 0 aromatic carbocycles. The second kappa shape index (κ2) is 76.4. The summed E-state index contributed by atoms with van der Waals surface area (Å²) in [6.07, 6.45) is 67.9. The third-order valence-corrected chi connectivity index (χ3v) is 21.9. The fourth-order valence-electron chi connectivity index (χ4n) is 13.2. The standard InChI is InChI=1S/C85H166O17P2/c1-7-9-11-13-15-17-19-21-22-23-24-25-26-27-31-39-45-51-57-63-69-84(89)101-80(74-96-83(88)68-62-56-50-44-38-32-28-30-35-41-47-53-59-65-77(3)4)75-99-103(91,92)97-71-79(86)72-98-104(93,94)100-76-81(73-95-82(87)67-61-55-49-43-37-29-20-18-16-14-12-10-8-2)102-85(90)70-64-58-52-46-40-34-33-36-42-48-54-60-66-78(5)6/h77-81,86H,7-76H2,1-6H3,(H,91,92)(H,93,94)/t79-,80-,81-/m1/s1. The van der Waals surface area contributed by atoms with E-state index in [-0.39, 0.29) is 25.7 Å². The Kier molecular flexibility index (Phi) is 75.0. The van der Waals surface area contributed by atoms with Crippen molar-refractivity contribution in [1.29, 1.82) is 0 Å². The molecule has 0 aliphatic rings. The second-order valence-electron chi connectivity index (χ2n) is 31.5. The van der Waals surface area contributed by atoms with Crippen LogP contribution in [0, 0.1) is 11.8 Å². The van der Waals surface area contributed by atoms with E-state index >= 15 is 0 Å². The van der Waals surface area contributed by atoms with Crippen molar-refractivity contribution in [2.75, 3.05) is 39.6 Å². The third kappa shape index (κ3) is 78.2. The van der Waals surface area contributed by atoms with Crippen LogP contribution in [0.2, 0.25) is 0 Å². The zero-order valence-electron chi connectivity index (χ0n) is 68.3. The molecule has 3 N–H and O–H groups in total. The molecule has 0 aromatic heterocycles. The Labute approximate surface area is 638 Å². The first-order chi connectivity index (χ1) is 50.4. The van der Waals surface area contributed by atoms with Crippen LogP contribution in [0.4, 0.5) is 0 Å². The smallest absolute Gasteiger partial charge is 0.462 e. The molecule has 0 spiro atoms. The van der Waals surface area contributed by atoms with E-state index in [9.17, 15) is 43.2 Å². The van der Waals surface area contributed by atoms with Crippen molar-refractivity contribution < 1.29 is 80.2 Å². The lowest BCUT2D eigenvalue weighted by Gasteiger charge is -2.21. The van der Waals surface area contributed by atoms with E-state index in [0.29, 0.717) is 25.7 Å². The molecule has 19 heteroatoms. The first-order valence-corrected chi connectivity index (χ1v) is 47.0. The van der Waals surface area contributed by atoms with Crippen LogP contribution >= 0.6 is 15.6 Å². The van der Waals surface area contributed by atoms with Crippen molar-refractivity contribution in [3.05, 3.63) is 0 Å². The average Bonchev–Trinajstić information content (AvgIpc) is 0.911. The Morgan fingerprint density at radius 2 is 0.442 bits per heavy atom. The van der Waals surface area contributed by atoms with Crippen LogP contribution in [0.3, 0.4) is 0 Å². The first kappa shape index (κ1) is 102. The monoisotopic (exact) mass is 1520 g/mol. The summed E-state index contributed by atoms with van der Waals surface area (Å²) in [5.41, 5.74) is 0. The number of phosphoric acid groups is 2. The normalized spacial score (nSPS) is 13.8. The van der Waals surface area contributed by atoms with Gasteiger partial charge in [0, 0.05) is 25.7 Å². The van der Waals surface area contributed by atoms with Crippen LogP contribution in [0.25, 0.3) is 0 Å². The van der Waals surface area contributed by atoms with Gasteiger partial charge in [-0.3, -0.25) is 37.3 Å². The van der Waals surface area contributed by atoms with Gasteiger partial charge >= 0.3 is 39.5 Å². The number of aliphatic hydroxyl groups excluding tert-OH is 1. The Morgan fingerprint density at radius 3 is 0.654 bits per heavy atom. The van der Waals surface area contributed by atoms with Gasteiger partial charge in [-0.05, 0) is 37.5 Å². The van der Waals surface area contributed by atoms with Crippen molar-refractivity contribution in [2.24, 2.45) is 11.8 Å². The molecule has 0 aromatic rings. The van der Waals surface area contributed by atoms with Crippen LogP contribution in [0.5, 0.6) is 0 Å². The predicted octanol–water partition coefficient (Wildman–Crippen LogP) is 25.8. The highest BCUT2D eigenvalue weighted by atomic mass is 31.2. The second-order valence-corrected chi connectivity index (χ2v) is 34.4. The molecule has 5 atom stereocenters. The van der Waals surface area contributed by atoms with E-state index in [1.807, 2.05) is 0 Å². The molecule has 0 bridgehead atoms. The largest absolute Gasteiger partial charge is 0.472 e. The molecule has 0 saturated carbocycles. The number of ether oxygens (including phenoxy) is 4. The number of unbranched alkanes of at least 4 members (excludes halogenated alkanes) is 54. The number of hydrogen-bond acceptors (Lipinski definition) is 15. The van der Waals surface area contributed by atoms with E-state index in [1.54, 1.807) is 0 Å². The molecule has 0 fully saturated rings. The molecular formula is C85H166O17P2. The summed E-state index contributed by atoms with van der Waals surface area (Å²) in [5, 5.41) is 10.7. The Hall–Kier alpha value is -1.94. The molecule has 2 unspecified atom stereocenters. The number of carbonyl (C=O) groups is 4. The number of rotatable bonds is 84. The van der Waals surface area contributed by atoms with Gasteiger partial charge in [0.05, 0.1) is 26.4 Å². The number of esters is 4. The molecule has 618 valence electrons. The minimum Gasteiger partial charge on any atom is -0.462 e. The van der Waals surface area contributed by atoms with Crippen LogP contribution in [0.1, 0.15) is 452 Å². The highest BCUT2D eigenvalue weighted by molar-refractivity contribution is 7.47. The number of phosphoric ester groups is 2. The van der Waals surface area contributed by atoms with Gasteiger partial charge in [-0.25, -0.2) is 9.13 Å². The lowest BCUT2D eigenvalue weighted by molar-refractivity contribution is -0.161. The maximum atomic E-state index is 13.1. The van der Waals surface area contributed by atoms with Gasteiger partial charge in [0.15, 0.2) is 12.2 Å². The van der Waals surface area contributed by atoms with Crippen molar-refractivity contribution in [3.8, 4) is 0 Å². The van der Waals surface area contributed by atoms with E-state index in [1.165, 1.54) is 270 Å². The van der Waals surface area contributed by atoms with Gasteiger partial charge in [0.2, 0.25) is 0 Å². The lowest BCUT2D eigenvalue weighted by atomic mass is 10.0. The van der Waals surface area contributed by atoms with E-state index < -0.39 is 97.5 Å². The van der Waals surface area contributed by atoms with Crippen molar-refractivity contribution in [3.63, 3.8) is 0 Å². The fourth-order valence-corrected chi connectivity index (χ4v) is 14.8. The molecular weight excluding hydrogens is 1350 g/mol. The van der Waals surface area contributed by atoms with Gasteiger partial charge in [-0.2, -0.15) is 0 Å². The topological polar surface area (TPSA) is 237 Å². The quantitative estimate of drug-likeness (QED) is 0.0222. The first-order valence-electron chi connectivity index (χ1n) is 44.0. The van der Waals surface area contributed by atoms with Gasteiger partial charge in [-0.15, -0.1) is 0 Å². The molecule has 0 aliphatic carbocycles. The summed E-state index contributed by atoms with van der Waals surface area (Å²) in [6, 6.07) is 0. The summed E-state index contributed by atoms with van der Waals surface area (Å²) in [6.45, 7) is 9.70. The molecule has 0 saturated heterocycles. The van der Waals surface area contributed by atoms with Gasteiger partial charge in [0.1, 0.15) is 19.3 Å². The molecule has 17 nitrogen and oxygen atoms in total. The summed E-state index contributed by atoms with van der Waals surface area (Å²) in [4.78, 5) is 73.2. The van der Waals surface area contributed by atoms with Crippen molar-refractivity contribution in [2.45, 2.75) is 471 Å². The van der Waals surface area contributed by atoms with Gasteiger partial charge in [0.25, 0.3) is 0 Å². The van der Waals surface area contributed by atoms with Crippen LogP contribution < -0.4 is 0 Å². The summed E-state index contributed by atoms with van der Waals surface area (Å²) in [5.74, 6) is -0.534. The SMILES string of the molecule is CCCCCCCCCCCCCCCCCCCCCCC(=O)O[C@H](COC(=O)CCCCCCCCCCCCCCCC(C)C)COP(=O)(O)OC[C@@H](O)COP(=O)(O)OC[C@@H](COC(=O)CCCCCCCCCCCCCCC)OC(=O)CCCCCCCCCCCCCCC(C)C. The van der Waals surface area contributed by atoms with Gasteiger partial charge in [-0.1, -0.05) is 401 Å². The van der Waals surface area contributed by atoms with E-state index in [2.05, 4.69) is 41.5 Å². The zero-order valence-corrected chi connectivity index (χ0v) is 70.1. The molecule has 0 radical (unpaired) electrons.